The van der Waals surface area contributed by atoms with Crippen LogP contribution in [0.3, 0.4) is 0 Å². The van der Waals surface area contributed by atoms with E-state index in [1.807, 2.05) is 0 Å². The fraction of sp³-hybridized carbons (Fsp3) is 0.263. The van der Waals surface area contributed by atoms with Crippen molar-refractivity contribution in [3.05, 3.63) is 58.9 Å². The highest BCUT2D eigenvalue weighted by atomic mass is 19.1. The lowest BCUT2D eigenvalue weighted by Crippen LogP contribution is -2.45. The van der Waals surface area contributed by atoms with Gasteiger partial charge in [0.2, 0.25) is 5.91 Å². The van der Waals surface area contributed by atoms with Crippen LogP contribution < -0.4 is 20.7 Å². The number of nitrogens with one attached hydrogen (secondary N) is 3. The van der Waals surface area contributed by atoms with Gasteiger partial charge in [0, 0.05) is 41.8 Å². The number of anilines is 1. The van der Waals surface area contributed by atoms with Crippen LogP contribution in [0.25, 0.3) is 0 Å². The smallest absolute Gasteiger partial charge is 0.319 e. The molecule has 146 valence electrons. The highest BCUT2D eigenvalue weighted by Gasteiger charge is 2.41. The monoisotopic (exact) mass is 391 g/mol. The number of carbonyl (C=O) groups excluding carboxylic acids is 2. The molecule has 28 heavy (non-hydrogen) atoms. The summed E-state index contributed by atoms with van der Waals surface area (Å²) in [4.78, 5) is 24.4. The second-order valence-electron chi connectivity index (χ2n) is 6.60. The molecule has 1 fully saturated rings. The lowest BCUT2D eigenvalue weighted by Gasteiger charge is -2.21. The number of halogens is 3. The highest BCUT2D eigenvalue weighted by Crippen LogP contribution is 2.37. The van der Waals surface area contributed by atoms with Crippen molar-refractivity contribution in [3.63, 3.8) is 0 Å². The molecule has 3 N–H and O–H groups in total. The van der Waals surface area contributed by atoms with E-state index in [9.17, 15) is 22.8 Å². The molecule has 0 bridgehead atoms. The van der Waals surface area contributed by atoms with Gasteiger partial charge in [0.1, 0.15) is 29.2 Å². The predicted molar refractivity (Wildman–Crippen MR) is 93.7 cm³/mol. The Morgan fingerprint density at radius 3 is 2.68 bits per heavy atom. The van der Waals surface area contributed by atoms with Crippen molar-refractivity contribution in [2.45, 2.75) is 18.4 Å². The molecule has 0 spiro atoms. The van der Waals surface area contributed by atoms with Crippen molar-refractivity contribution in [2.75, 3.05) is 18.5 Å². The van der Waals surface area contributed by atoms with Crippen LogP contribution in [0.15, 0.2) is 30.3 Å². The molecular formula is C19H16F3N3O3. The molecule has 0 aromatic heterocycles. The Morgan fingerprint density at radius 1 is 1.18 bits per heavy atom. The number of hydrogen-bond acceptors (Lipinski definition) is 3. The summed E-state index contributed by atoms with van der Waals surface area (Å²) in [6.07, 6.45) is 0.311. The molecule has 0 saturated carbocycles. The highest BCUT2D eigenvalue weighted by molar-refractivity contribution is 5.95. The molecule has 2 aromatic rings. The van der Waals surface area contributed by atoms with Crippen molar-refractivity contribution in [1.82, 2.24) is 10.6 Å². The number of ether oxygens (including phenoxy) is 1. The van der Waals surface area contributed by atoms with Gasteiger partial charge in [-0.25, -0.2) is 18.0 Å². The summed E-state index contributed by atoms with van der Waals surface area (Å²) >= 11 is 0. The van der Waals surface area contributed by atoms with Gasteiger partial charge in [-0.3, -0.25) is 4.79 Å². The van der Waals surface area contributed by atoms with E-state index in [-0.39, 0.29) is 30.0 Å². The molecule has 2 aromatic carbocycles. The third kappa shape index (κ3) is 3.23. The first-order valence-electron chi connectivity index (χ1n) is 8.68. The lowest BCUT2D eigenvalue weighted by molar-refractivity contribution is -0.120. The van der Waals surface area contributed by atoms with Gasteiger partial charge in [-0.2, -0.15) is 0 Å². The Hall–Kier alpha value is -3.23. The van der Waals surface area contributed by atoms with E-state index in [0.29, 0.717) is 12.1 Å². The minimum atomic E-state index is -1.16. The standard InChI is InChI=1S/C19H16F3N3O3/c20-9-1-3-10(4-2-9)24-19(27)25-17-12(8-23-18(17)26)15-13(21)7-14-11(16(15)22)5-6-28-14/h1-4,7,12,17H,5-6,8H2,(H,23,26)(H2,24,25,27). The second kappa shape index (κ2) is 7.06. The maximum Gasteiger partial charge on any atom is 0.319 e. The maximum atomic E-state index is 14.9. The summed E-state index contributed by atoms with van der Waals surface area (Å²) in [5.41, 5.74) is 0.320. The molecule has 0 radical (unpaired) electrons. The van der Waals surface area contributed by atoms with Crippen LogP contribution in [0.2, 0.25) is 0 Å². The third-order valence-corrected chi connectivity index (χ3v) is 4.86. The van der Waals surface area contributed by atoms with Crippen LogP contribution in [0.4, 0.5) is 23.7 Å². The van der Waals surface area contributed by atoms with Crippen LogP contribution in [-0.2, 0) is 11.2 Å². The van der Waals surface area contributed by atoms with Gasteiger partial charge in [0.15, 0.2) is 0 Å². The largest absolute Gasteiger partial charge is 0.493 e. The minimum absolute atomic E-state index is 0.0200. The maximum absolute atomic E-state index is 14.9. The molecule has 2 aliphatic rings. The zero-order chi connectivity index (χ0) is 19.8. The summed E-state index contributed by atoms with van der Waals surface area (Å²) in [5.74, 6) is -3.35. The Labute approximate surface area is 158 Å². The zero-order valence-corrected chi connectivity index (χ0v) is 14.5. The molecule has 6 nitrogen and oxygen atoms in total. The normalized spacial score (nSPS) is 20.3. The first-order chi connectivity index (χ1) is 13.4. The number of urea groups is 1. The lowest BCUT2D eigenvalue weighted by atomic mass is 9.91. The summed E-state index contributed by atoms with van der Waals surface area (Å²) in [6, 6.07) is 4.23. The predicted octanol–water partition coefficient (Wildman–Crippen LogP) is 2.44. The molecule has 0 aliphatic carbocycles. The molecule has 2 aliphatic heterocycles. The van der Waals surface area contributed by atoms with Crippen molar-refractivity contribution < 1.29 is 27.5 Å². The molecule has 2 atom stereocenters. The third-order valence-electron chi connectivity index (χ3n) is 4.86. The molecule has 2 unspecified atom stereocenters. The fourth-order valence-corrected chi connectivity index (χ4v) is 3.52. The number of benzene rings is 2. The van der Waals surface area contributed by atoms with Crippen LogP contribution in [0.5, 0.6) is 5.75 Å². The first-order valence-corrected chi connectivity index (χ1v) is 8.68. The van der Waals surface area contributed by atoms with Crippen LogP contribution in [-0.4, -0.2) is 31.1 Å². The van der Waals surface area contributed by atoms with E-state index in [1.165, 1.54) is 12.1 Å². The van der Waals surface area contributed by atoms with E-state index >= 15 is 0 Å². The van der Waals surface area contributed by atoms with Crippen molar-refractivity contribution in [2.24, 2.45) is 0 Å². The van der Waals surface area contributed by atoms with Gasteiger partial charge in [0.05, 0.1) is 6.61 Å². The van der Waals surface area contributed by atoms with E-state index in [2.05, 4.69) is 16.0 Å². The topological polar surface area (TPSA) is 79.5 Å². The van der Waals surface area contributed by atoms with Gasteiger partial charge in [-0.1, -0.05) is 0 Å². The number of fused-ring (bicyclic) bond motifs is 1. The van der Waals surface area contributed by atoms with Crippen LogP contribution in [0, 0.1) is 17.5 Å². The SMILES string of the molecule is O=C(Nc1ccc(F)cc1)NC1C(=O)NCC1c1c(F)cc2c(c1F)CCO2. The van der Waals surface area contributed by atoms with Crippen molar-refractivity contribution in [3.8, 4) is 5.75 Å². The van der Waals surface area contributed by atoms with E-state index < -0.39 is 41.3 Å². The van der Waals surface area contributed by atoms with Gasteiger partial charge in [-0.15, -0.1) is 0 Å². The van der Waals surface area contributed by atoms with Gasteiger partial charge < -0.3 is 20.7 Å². The van der Waals surface area contributed by atoms with E-state index in [1.54, 1.807) is 0 Å². The van der Waals surface area contributed by atoms with E-state index in [0.717, 1.165) is 18.2 Å². The number of amides is 3. The van der Waals surface area contributed by atoms with Gasteiger partial charge >= 0.3 is 6.03 Å². The van der Waals surface area contributed by atoms with E-state index in [4.69, 9.17) is 4.74 Å². The molecule has 1 saturated heterocycles. The summed E-state index contributed by atoms with van der Waals surface area (Å²) in [5, 5.41) is 7.42. The van der Waals surface area contributed by atoms with Crippen molar-refractivity contribution >= 4 is 17.6 Å². The number of hydrogen-bond donors (Lipinski definition) is 3. The fourth-order valence-electron chi connectivity index (χ4n) is 3.52. The number of carbonyl (C=O) groups is 2. The molecule has 3 amide bonds. The summed E-state index contributed by atoms with van der Waals surface area (Å²) < 4.78 is 47.6. The Morgan fingerprint density at radius 2 is 1.93 bits per heavy atom. The van der Waals surface area contributed by atoms with Gasteiger partial charge in [-0.05, 0) is 24.3 Å². The summed E-state index contributed by atoms with van der Waals surface area (Å²) in [7, 11) is 0. The van der Waals surface area contributed by atoms with Crippen molar-refractivity contribution in [1.29, 1.82) is 0 Å². The average molecular weight is 391 g/mol. The zero-order valence-electron chi connectivity index (χ0n) is 14.5. The minimum Gasteiger partial charge on any atom is -0.493 e. The second-order valence-corrected chi connectivity index (χ2v) is 6.60. The Kier molecular flexibility index (Phi) is 4.58. The Bertz CT molecular complexity index is 950. The van der Waals surface area contributed by atoms with Crippen LogP contribution >= 0.6 is 0 Å². The van der Waals surface area contributed by atoms with Crippen LogP contribution in [0.1, 0.15) is 17.0 Å². The quantitative estimate of drug-likeness (QED) is 0.752. The summed E-state index contributed by atoms with van der Waals surface area (Å²) in [6.45, 7) is 0.243. The average Bonchev–Trinajstić information content (AvgIpc) is 3.25. The van der Waals surface area contributed by atoms with Gasteiger partial charge in [0.25, 0.3) is 0 Å². The molecule has 4 rings (SSSR count). The Balaban J connectivity index is 1.56. The molecule has 2 heterocycles. The first kappa shape index (κ1) is 18.1. The molecular weight excluding hydrogens is 375 g/mol. The number of rotatable bonds is 3. The molecule has 9 heteroatoms.